The molecule has 1 aromatic heterocycles. The molecule has 2 aromatic rings. The molecule has 19 heavy (non-hydrogen) atoms. The first-order chi connectivity index (χ1) is 8.84. The van der Waals surface area contributed by atoms with Crippen molar-refractivity contribution in [3.63, 3.8) is 0 Å². The highest BCUT2D eigenvalue weighted by Gasteiger charge is 2.13. The van der Waals surface area contributed by atoms with Crippen LogP contribution in [0.2, 0.25) is 0 Å². The van der Waals surface area contributed by atoms with E-state index >= 15 is 0 Å². The van der Waals surface area contributed by atoms with E-state index in [4.69, 9.17) is 10.5 Å². The van der Waals surface area contributed by atoms with Crippen molar-refractivity contribution in [2.24, 2.45) is 0 Å². The van der Waals surface area contributed by atoms with Crippen LogP contribution in [0.15, 0.2) is 30.3 Å². The summed E-state index contributed by atoms with van der Waals surface area (Å²) in [5.41, 5.74) is 7.77. The molecular formula is C15H19N3O. The molecule has 0 aliphatic heterocycles. The molecular weight excluding hydrogens is 238 g/mol. The van der Waals surface area contributed by atoms with Crippen molar-refractivity contribution < 1.29 is 4.74 Å². The molecule has 0 atom stereocenters. The summed E-state index contributed by atoms with van der Waals surface area (Å²) in [4.78, 5) is 8.05. The van der Waals surface area contributed by atoms with Crippen LogP contribution in [0.5, 0.6) is 11.6 Å². The second kappa shape index (κ2) is 4.88. The van der Waals surface area contributed by atoms with E-state index in [0.29, 0.717) is 5.88 Å². The molecule has 1 aromatic carbocycles. The fraction of sp³-hybridized carbons (Fsp3) is 0.333. The molecule has 2 rings (SSSR count). The minimum atomic E-state index is 0.133. The zero-order valence-electron chi connectivity index (χ0n) is 11.8. The van der Waals surface area contributed by atoms with Gasteiger partial charge < -0.3 is 10.5 Å². The fourth-order valence-electron chi connectivity index (χ4n) is 1.76. The van der Waals surface area contributed by atoms with Gasteiger partial charge in [0.25, 0.3) is 0 Å². The minimum Gasteiger partial charge on any atom is -0.439 e. The molecule has 0 aliphatic rings. The number of anilines is 1. The molecule has 0 unspecified atom stereocenters. The summed E-state index contributed by atoms with van der Waals surface area (Å²) in [5, 5.41) is 0. The van der Waals surface area contributed by atoms with Crippen molar-refractivity contribution in [2.75, 3.05) is 5.73 Å². The van der Waals surface area contributed by atoms with Crippen LogP contribution in [0.1, 0.15) is 32.0 Å². The Kier molecular flexibility index (Phi) is 3.42. The summed E-state index contributed by atoms with van der Waals surface area (Å²) < 4.78 is 5.68. The molecule has 0 bridgehead atoms. The van der Waals surface area contributed by atoms with Crippen molar-refractivity contribution in [1.29, 1.82) is 0 Å². The number of hydrogen-bond acceptors (Lipinski definition) is 4. The molecule has 0 radical (unpaired) electrons. The van der Waals surface area contributed by atoms with Gasteiger partial charge in [0.2, 0.25) is 11.8 Å². The SMILES string of the molecule is Cc1cc(Oc2ccc(C(C)(C)C)cc2)nc(N)n1. The predicted octanol–water partition coefficient (Wildman–Crippen LogP) is 3.46. The number of aromatic nitrogens is 2. The van der Waals surface area contributed by atoms with Crippen LogP contribution in [0.25, 0.3) is 0 Å². The van der Waals surface area contributed by atoms with Crippen LogP contribution in [0, 0.1) is 6.92 Å². The highest BCUT2D eigenvalue weighted by molar-refractivity contribution is 5.34. The molecule has 100 valence electrons. The number of ether oxygens (including phenoxy) is 1. The van der Waals surface area contributed by atoms with Gasteiger partial charge in [-0.3, -0.25) is 0 Å². The molecule has 0 spiro atoms. The minimum absolute atomic E-state index is 0.133. The molecule has 4 heteroatoms. The third-order valence-electron chi connectivity index (χ3n) is 2.79. The number of nitrogens with two attached hydrogens (primary N) is 1. The predicted molar refractivity (Wildman–Crippen MR) is 76.4 cm³/mol. The molecule has 2 N–H and O–H groups in total. The number of rotatable bonds is 2. The average Bonchev–Trinajstić information content (AvgIpc) is 2.26. The summed E-state index contributed by atoms with van der Waals surface area (Å²) >= 11 is 0. The summed E-state index contributed by atoms with van der Waals surface area (Å²) in [5.74, 6) is 1.43. The number of aryl methyl sites for hydroxylation is 1. The van der Waals surface area contributed by atoms with E-state index < -0.39 is 0 Å². The van der Waals surface area contributed by atoms with E-state index in [0.717, 1.165) is 11.4 Å². The summed E-state index contributed by atoms with van der Waals surface area (Å²) in [7, 11) is 0. The number of nitrogens with zero attached hydrogens (tertiary/aromatic N) is 2. The van der Waals surface area contributed by atoms with Crippen molar-refractivity contribution in [3.05, 3.63) is 41.6 Å². The van der Waals surface area contributed by atoms with Gasteiger partial charge in [0.05, 0.1) is 0 Å². The quantitative estimate of drug-likeness (QED) is 0.895. The van der Waals surface area contributed by atoms with Crippen LogP contribution in [-0.2, 0) is 5.41 Å². The Hall–Kier alpha value is -2.10. The van der Waals surface area contributed by atoms with Crippen LogP contribution in [0.4, 0.5) is 5.95 Å². The number of benzene rings is 1. The van der Waals surface area contributed by atoms with Crippen LogP contribution >= 0.6 is 0 Å². The van der Waals surface area contributed by atoms with E-state index in [9.17, 15) is 0 Å². The van der Waals surface area contributed by atoms with Crippen molar-refractivity contribution in [2.45, 2.75) is 33.1 Å². The smallest absolute Gasteiger partial charge is 0.224 e. The van der Waals surface area contributed by atoms with E-state index in [1.807, 2.05) is 19.1 Å². The standard InChI is InChI=1S/C15H19N3O/c1-10-9-13(18-14(16)17-10)19-12-7-5-11(6-8-12)15(2,3)4/h5-9H,1-4H3,(H2,16,17,18). The Balaban J connectivity index is 2.20. The zero-order valence-corrected chi connectivity index (χ0v) is 11.8. The molecule has 4 nitrogen and oxygen atoms in total. The summed E-state index contributed by atoms with van der Waals surface area (Å²) in [6.07, 6.45) is 0. The maximum absolute atomic E-state index is 5.68. The lowest BCUT2D eigenvalue weighted by molar-refractivity contribution is 0.461. The summed E-state index contributed by atoms with van der Waals surface area (Å²) in [6, 6.07) is 9.76. The number of hydrogen-bond donors (Lipinski definition) is 1. The van der Waals surface area contributed by atoms with Gasteiger partial charge in [-0.05, 0) is 30.0 Å². The molecule has 0 fully saturated rings. The highest BCUT2D eigenvalue weighted by Crippen LogP contribution is 2.26. The zero-order chi connectivity index (χ0) is 14.0. The Bertz CT molecular complexity index is 551. The summed E-state index contributed by atoms with van der Waals surface area (Å²) in [6.45, 7) is 8.39. The normalized spacial score (nSPS) is 11.4. The van der Waals surface area contributed by atoms with E-state index in [2.05, 4.69) is 42.9 Å². The Morgan fingerprint density at radius 3 is 2.21 bits per heavy atom. The van der Waals surface area contributed by atoms with Gasteiger partial charge in [-0.2, -0.15) is 4.98 Å². The second-order valence-electron chi connectivity index (χ2n) is 5.58. The van der Waals surface area contributed by atoms with Crippen LogP contribution < -0.4 is 10.5 Å². The third kappa shape index (κ3) is 3.44. The fourth-order valence-corrected chi connectivity index (χ4v) is 1.76. The van der Waals surface area contributed by atoms with E-state index in [1.165, 1.54) is 5.56 Å². The Morgan fingerprint density at radius 1 is 1.05 bits per heavy atom. The van der Waals surface area contributed by atoms with E-state index in [-0.39, 0.29) is 11.4 Å². The van der Waals surface area contributed by atoms with Gasteiger partial charge in [-0.1, -0.05) is 32.9 Å². The van der Waals surface area contributed by atoms with Crippen molar-refractivity contribution >= 4 is 5.95 Å². The number of nitrogen functional groups attached to an aromatic ring is 1. The van der Waals surface area contributed by atoms with Gasteiger partial charge in [-0.15, -0.1) is 0 Å². The molecule has 0 amide bonds. The lowest BCUT2D eigenvalue weighted by atomic mass is 9.87. The van der Waals surface area contributed by atoms with Gasteiger partial charge in [0.15, 0.2) is 0 Å². The molecule has 1 heterocycles. The van der Waals surface area contributed by atoms with Crippen molar-refractivity contribution in [3.8, 4) is 11.6 Å². The molecule has 0 saturated carbocycles. The monoisotopic (exact) mass is 257 g/mol. The first-order valence-corrected chi connectivity index (χ1v) is 6.24. The van der Waals surface area contributed by atoms with Crippen LogP contribution in [0.3, 0.4) is 0 Å². The lowest BCUT2D eigenvalue weighted by Gasteiger charge is -2.19. The largest absolute Gasteiger partial charge is 0.439 e. The molecule has 0 aliphatic carbocycles. The first kappa shape index (κ1) is 13.3. The maximum Gasteiger partial charge on any atom is 0.224 e. The average molecular weight is 257 g/mol. The highest BCUT2D eigenvalue weighted by atomic mass is 16.5. The van der Waals surface area contributed by atoms with Crippen LogP contribution in [-0.4, -0.2) is 9.97 Å². The Morgan fingerprint density at radius 2 is 1.68 bits per heavy atom. The second-order valence-corrected chi connectivity index (χ2v) is 5.58. The topological polar surface area (TPSA) is 61.0 Å². The van der Waals surface area contributed by atoms with Crippen molar-refractivity contribution in [1.82, 2.24) is 9.97 Å². The maximum atomic E-state index is 5.68. The van der Waals surface area contributed by atoms with Gasteiger partial charge in [-0.25, -0.2) is 4.98 Å². The Labute approximate surface area is 113 Å². The van der Waals surface area contributed by atoms with Gasteiger partial charge >= 0.3 is 0 Å². The molecule has 0 saturated heterocycles. The van der Waals surface area contributed by atoms with Gasteiger partial charge in [0.1, 0.15) is 5.75 Å². The van der Waals surface area contributed by atoms with E-state index in [1.54, 1.807) is 6.07 Å². The third-order valence-corrected chi connectivity index (χ3v) is 2.79. The first-order valence-electron chi connectivity index (χ1n) is 6.24. The lowest BCUT2D eigenvalue weighted by Crippen LogP contribution is -2.10. The van der Waals surface area contributed by atoms with Gasteiger partial charge in [0, 0.05) is 11.8 Å².